The van der Waals surface area contributed by atoms with E-state index < -0.39 is 0 Å². The van der Waals surface area contributed by atoms with Crippen LogP contribution in [-0.2, 0) is 9.59 Å². The molecule has 17 heavy (non-hydrogen) atoms. The van der Waals surface area contributed by atoms with Crippen molar-refractivity contribution in [1.82, 2.24) is 0 Å². The zero-order chi connectivity index (χ0) is 12.6. The molecule has 2 heteroatoms. The molecule has 2 aliphatic carbocycles. The van der Waals surface area contributed by atoms with Gasteiger partial charge in [-0.15, -0.1) is 0 Å². The molecule has 0 bridgehead atoms. The van der Waals surface area contributed by atoms with E-state index in [4.69, 9.17) is 0 Å². The van der Waals surface area contributed by atoms with Crippen LogP contribution in [0, 0.1) is 17.3 Å². The largest absolute Gasteiger partial charge is 0.298 e. The molecule has 1 saturated carbocycles. The van der Waals surface area contributed by atoms with E-state index in [9.17, 15) is 9.59 Å². The molecule has 92 valence electrons. The number of allylic oxidation sites excluding steroid dienone is 3. The summed E-state index contributed by atoms with van der Waals surface area (Å²) in [6.45, 7) is 8.21. The van der Waals surface area contributed by atoms with E-state index in [1.165, 1.54) is 18.4 Å². The number of ketones is 1. The molecule has 0 amide bonds. The van der Waals surface area contributed by atoms with E-state index >= 15 is 0 Å². The summed E-state index contributed by atoms with van der Waals surface area (Å²) in [5.74, 6) is 0.364. The van der Waals surface area contributed by atoms with Gasteiger partial charge in [0, 0.05) is 0 Å². The maximum atomic E-state index is 12.0. The lowest BCUT2D eigenvalue weighted by molar-refractivity contribution is -0.120. The van der Waals surface area contributed by atoms with Gasteiger partial charge in [0.1, 0.15) is 6.29 Å². The molecule has 2 aliphatic rings. The fraction of sp³-hybridized carbons (Fsp3) is 0.600. The summed E-state index contributed by atoms with van der Waals surface area (Å²) in [7, 11) is 0. The van der Waals surface area contributed by atoms with Crippen molar-refractivity contribution in [2.45, 2.75) is 39.5 Å². The molecule has 2 nitrogen and oxygen atoms in total. The predicted octanol–water partition coefficient (Wildman–Crippen LogP) is 3.08. The Hall–Kier alpha value is -1.18. The zero-order valence-electron chi connectivity index (χ0n) is 10.7. The quantitative estimate of drug-likeness (QED) is 0.541. The topological polar surface area (TPSA) is 34.1 Å². The average Bonchev–Trinajstić information content (AvgIpc) is 2.31. The summed E-state index contributed by atoms with van der Waals surface area (Å²) in [6.07, 6.45) is 6.71. The zero-order valence-corrected chi connectivity index (χ0v) is 10.7. The first-order chi connectivity index (χ1) is 7.99. The third-order valence-electron chi connectivity index (χ3n) is 4.79. The Balaban J connectivity index is 2.37. The summed E-state index contributed by atoms with van der Waals surface area (Å²) >= 11 is 0. The van der Waals surface area contributed by atoms with Crippen LogP contribution in [0.15, 0.2) is 23.8 Å². The van der Waals surface area contributed by atoms with Gasteiger partial charge in [-0.25, -0.2) is 0 Å². The monoisotopic (exact) mass is 232 g/mol. The summed E-state index contributed by atoms with van der Waals surface area (Å²) < 4.78 is 0. The van der Waals surface area contributed by atoms with Gasteiger partial charge in [-0.3, -0.25) is 9.59 Å². The van der Waals surface area contributed by atoms with Gasteiger partial charge in [0.05, 0.1) is 5.92 Å². The Morgan fingerprint density at radius 3 is 2.94 bits per heavy atom. The van der Waals surface area contributed by atoms with Crippen molar-refractivity contribution < 1.29 is 9.59 Å². The minimum absolute atomic E-state index is 0.0728. The Morgan fingerprint density at radius 2 is 2.29 bits per heavy atom. The van der Waals surface area contributed by atoms with E-state index in [2.05, 4.69) is 20.4 Å². The van der Waals surface area contributed by atoms with E-state index in [-0.39, 0.29) is 17.1 Å². The van der Waals surface area contributed by atoms with Crippen molar-refractivity contribution in [2.24, 2.45) is 17.3 Å². The predicted molar refractivity (Wildman–Crippen MR) is 67.5 cm³/mol. The van der Waals surface area contributed by atoms with Crippen molar-refractivity contribution in [3.8, 4) is 0 Å². The lowest BCUT2D eigenvalue weighted by Gasteiger charge is -2.46. The van der Waals surface area contributed by atoms with E-state index in [0.29, 0.717) is 11.5 Å². The maximum absolute atomic E-state index is 12.0. The van der Waals surface area contributed by atoms with Crippen molar-refractivity contribution >= 4 is 12.1 Å². The van der Waals surface area contributed by atoms with Crippen molar-refractivity contribution in [1.29, 1.82) is 0 Å². The number of hydrogen-bond donors (Lipinski definition) is 0. The smallest absolute Gasteiger partial charge is 0.163 e. The second-order valence-corrected chi connectivity index (χ2v) is 5.73. The van der Waals surface area contributed by atoms with Gasteiger partial charge in [0.2, 0.25) is 0 Å². The van der Waals surface area contributed by atoms with Crippen molar-refractivity contribution in [3.05, 3.63) is 23.8 Å². The third-order valence-corrected chi connectivity index (χ3v) is 4.79. The second-order valence-electron chi connectivity index (χ2n) is 5.73. The molecule has 0 heterocycles. The molecular formula is C15H20O2. The summed E-state index contributed by atoms with van der Waals surface area (Å²) in [5, 5.41) is 0. The number of rotatable bonds is 2. The highest BCUT2D eigenvalue weighted by atomic mass is 16.1. The standard InChI is InChI=1S/C15H20O2/c1-10(9-16)13-8-15(3)11(2)5-4-6-12(15)7-14(13)17/h7,9,11,13H,1,4-6,8H2,2-3H3. The van der Waals surface area contributed by atoms with Crippen LogP contribution in [0.2, 0.25) is 0 Å². The van der Waals surface area contributed by atoms with Crippen LogP contribution in [0.25, 0.3) is 0 Å². The van der Waals surface area contributed by atoms with Crippen LogP contribution in [0.5, 0.6) is 0 Å². The first-order valence-electron chi connectivity index (χ1n) is 6.38. The molecular weight excluding hydrogens is 212 g/mol. The number of carbonyl (C=O) groups excluding carboxylic acids is 2. The van der Waals surface area contributed by atoms with Gasteiger partial charge in [-0.1, -0.05) is 26.0 Å². The summed E-state index contributed by atoms with van der Waals surface area (Å²) in [4.78, 5) is 22.8. The number of aldehydes is 1. The number of hydrogen-bond acceptors (Lipinski definition) is 2. The maximum Gasteiger partial charge on any atom is 0.163 e. The molecule has 3 atom stereocenters. The van der Waals surface area contributed by atoms with Crippen LogP contribution in [0.3, 0.4) is 0 Å². The highest BCUT2D eigenvalue weighted by molar-refractivity contribution is 5.99. The van der Waals surface area contributed by atoms with Crippen LogP contribution in [-0.4, -0.2) is 12.1 Å². The molecule has 0 spiro atoms. The van der Waals surface area contributed by atoms with Crippen LogP contribution in [0.4, 0.5) is 0 Å². The van der Waals surface area contributed by atoms with E-state index in [1.807, 2.05) is 0 Å². The fourth-order valence-corrected chi connectivity index (χ4v) is 3.28. The Labute approximate surface area is 103 Å². The number of carbonyl (C=O) groups is 2. The molecule has 2 rings (SSSR count). The van der Waals surface area contributed by atoms with Gasteiger partial charge in [0.15, 0.2) is 5.78 Å². The molecule has 0 aromatic heterocycles. The van der Waals surface area contributed by atoms with Crippen molar-refractivity contribution in [2.75, 3.05) is 0 Å². The normalized spacial score (nSPS) is 37.1. The third kappa shape index (κ3) is 1.90. The van der Waals surface area contributed by atoms with Gasteiger partial charge in [-0.2, -0.15) is 0 Å². The van der Waals surface area contributed by atoms with E-state index in [0.717, 1.165) is 19.1 Å². The Kier molecular flexibility index (Phi) is 3.07. The van der Waals surface area contributed by atoms with Crippen LogP contribution in [0.1, 0.15) is 39.5 Å². The fourth-order valence-electron chi connectivity index (χ4n) is 3.28. The van der Waals surface area contributed by atoms with Crippen LogP contribution >= 0.6 is 0 Å². The summed E-state index contributed by atoms with van der Waals surface area (Å²) in [6, 6.07) is 0. The van der Waals surface area contributed by atoms with Crippen LogP contribution < -0.4 is 0 Å². The number of fused-ring (bicyclic) bond motifs is 1. The van der Waals surface area contributed by atoms with Gasteiger partial charge in [0.25, 0.3) is 0 Å². The van der Waals surface area contributed by atoms with Gasteiger partial charge in [-0.05, 0) is 48.7 Å². The highest BCUT2D eigenvalue weighted by Crippen LogP contribution is 2.51. The first kappa shape index (κ1) is 12.3. The minimum Gasteiger partial charge on any atom is -0.298 e. The van der Waals surface area contributed by atoms with Gasteiger partial charge >= 0.3 is 0 Å². The molecule has 3 unspecified atom stereocenters. The van der Waals surface area contributed by atoms with Crippen molar-refractivity contribution in [3.63, 3.8) is 0 Å². The molecule has 0 N–H and O–H groups in total. The first-order valence-corrected chi connectivity index (χ1v) is 6.38. The molecule has 0 saturated heterocycles. The highest BCUT2D eigenvalue weighted by Gasteiger charge is 2.44. The molecule has 0 aromatic rings. The van der Waals surface area contributed by atoms with Gasteiger partial charge < -0.3 is 0 Å². The SMILES string of the molecule is C=C(C=O)C1CC2(C)C(=CC1=O)CCCC2C. The van der Waals surface area contributed by atoms with E-state index in [1.54, 1.807) is 6.08 Å². The lowest BCUT2D eigenvalue weighted by atomic mass is 9.58. The lowest BCUT2D eigenvalue weighted by Crippen LogP contribution is -2.39. The Bertz CT molecular complexity index is 405. The molecule has 0 aromatic carbocycles. The summed E-state index contributed by atoms with van der Waals surface area (Å²) in [5.41, 5.74) is 1.81. The molecule has 0 aliphatic heterocycles. The second kappa shape index (κ2) is 4.25. The Morgan fingerprint density at radius 1 is 1.59 bits per heavy atom. The molecule has 0 radical (unpaired) electrons. The molecule has 1 fully saturated rings. The average molecular weight is 232 g/mol. The minimum atomic E-state index is -0.290.